The van der Waals surface area contributed by atoms with Crippen molar-refractivity contribution in [3.05, 3.63) is 34.5 Å². The number of likely N-dealkylation sites (tertiary alicyclic amines) is 1. The average molecular weight is 500 g/mol. The summed E-state index contributed by atoms with van der Waals surface area (Å²) in [5, 5.41) is 8.25. The Morgan fingerprint density at radius 2 is 1.97 bits per heavy atom. The van der Waals surface area contributed by atoms with Gasteiger partial charge in [0.1, 0.15) is 11.6 Å². The highest BCUT2D eigenvalue weighted by molar-refractivity contribution is 7.09. The molecule has 1 aliphatic carbocycles. The topological polar surface area (TPSA) is 87.7 Å². The van der Waals surface area contributed by atoms with E-state index in [-0.39, 0.29) is 23.8 Å². The standard InChI is InChI=1S/C27H37N3O4S/c1-17(2)11-14-30-22(24(32)29-18-8-5-4-6-9-18)27-13-12-26(3,34-27)20(21(27)25(30)33)23(31)28-16-19-10-7-15-35-19/h7,10,12-13,15,17-18,20-22H,4-6,8-9,11,14,16H2,1-3H3,(H,28,31)(H,29,32). The van der Waals surface area contributed by atoms with Crippen LogP contribution in [0.1, 0.15) is 64.2 Å². The summed E-state index contributed by atoms with van der Waals surface area (Å²) in [4.78, 5) is 44.0. The summed E-state index contributed by atoms with van der Waals surface area (Å²) in [5.41, 5.74) is -2.01. The molecule has 4 heterocycles. The van der Waals surface area contributed by atoms with Gasteiger partial charge in [-0.15, -0.1) is 11.3 Å². The molecular formula is C27H37N3O4S. The zero-order valence-corrected chi connectivity index (χ0v) is 21.7. The van der Waals surface area contributed by atoms with Crippen molar-refractivity contribution in [1.82, 2.24) is 15.5 Å². The second-order valence-electron chi connectivity index (χ2n) is 11.2. The molecule has 2 N–H and O–H groups in total. The molecule has 190 valence electrons. The molecule has 0 aromatic carbocycles. The summed E-state index contributed by atoms with van der Waals surface area (Å²) >= 11 is 1.58. The van der Waals surface area contributed by atoms with E-state index in [1.165, 1.54) is 6.42 Å². The number of carbonyl (C=O) groups excluding carboxylic acids is 3. The van der Waals surface area contributed by atoms with Crippen molar-refractivity contribution in [3.8, 4) is 0 Å². The van der Waals surface area contributed by atoms with Crippen LogP contribution < -0.4 is 10.6 Å². The summed E-state index contributed by atoms with van der Waals surface area (Å²) in [6, 6.07) is 3.31. The fourth-order valence-corrected chi connectivity index (χ4v) is 7.14. The number of fused-ring (bicyclic) bond motifs is 1. The van der Waals surface area contributed by atoms with Crippen LogP contribution in [0.4, 0.5) is 0 Å². The van der Waals surface area contributed by atoms with Crippen LogP contribution >= 0.6 is 11.3 Å². The van der Waals surface area contributed by atoms with Gasteiger partial charge in [-0.2, -0.15) is 0 Å². The molecule has 8 heteroatoms. The largest absolute Gasteiger partial charge is 0.356 e. The summed E-state index contributed by atoms with van der Waals surface area (Å²) < 4.78 is 6.58. The number of carbonyl (C=O) groups is 3. The third-order valence-corrected chi connectivity index (χ3v) is 9.12. The first-order valence-electron chi connectivity index (χ1n) is 13.1. The van der Waals surface area contributed by atoms with Crippen LogP contribution in [-0.2, 0) is 25.7 Å². The SMILES string of the molecule is CC(C)CCN1C(=O)C2C(C(=O)NCc3cccs3)C3(C)C=CC2(O3)C1C(=O)NC1CCCCC1. The fraction of sp³-hybridized carbons (Fsp3) is 0.667. The Balaban J connectivity index is 1.43. The van der Waals surface area contributed by atoms with Crippen LogP contribution in [0.2, 0.25) is 0 Å². The van der Waals surface area contributed by atoms with Crippen LogP contribution in [0.15, 0.2) is 29.7 Å². The fourth-order valence-electron chi connectivity index (χ4n) is 6.49. The van der Waals surface area contributed by atoms with E-state index in [9.17, 15) is 14.4 Å². The van der Waals surface area contributed by atoms with E-state index in [1.54, 1.807) is 16.2 Å². The van der Waals surface area contributed by atoms with E-state index in [2.05, 4.69) is 24.5 Å². The lowest BCUT2D eigenvalue weighted by atomic mass is 9.70. The molecule has 35 heavy (non-hydrogen) atoms. The minimum absolute atomic E-state index is 0.136. The third kappa shape index (κ3) is 4.22. The van der Waals surface area contributed by atoms with Gasteiger partial charge in [-0.3, -0.25) is 14.4 Å². The number of amides is 3. The van der Waals surface area contributed by atoms with E-state index in [0.717, 1.165) is 37.0 Å². The summed E-state index contributed by atoms with van der Waals surface area (Å²) in [5.74, 6) is -1.46. The molecule has 1 aromatic heterocycles. The van der Waals surface area contributed by atoms with Crippen LogP contribution in [0.25, 0.3) is 0 Å². The lowest BCUT2D eigenvalue weighted by molar-refractivity contribution is -0.145. The lowest BCUT2D eigenvalue weighted by Gasteiger charge is -2.35. The quantitative estimate of drug-likeness (QED) is 0.537. The predicted octanol–water partition coefficient (Wildman–Crippen LogP) is 3.40. The minimum Gasteiger partial charge on any atom is -0.356 e. The monoisotopic (exact) mass is 499 g/mol. The Morgan fingerprint density at radius 3 is 2.66 bits per heavy atom. The third-order valence-electron chi connectivity index (χ3n) is 8.24. The van der Waals surface area contributed by atoms with Gasteiger partial charge >= 0.3 is 0 Å². The van der Waals surface area contributed by atoms with E-state index in [4.69, 9.17) is 4.74 Å². The summed E-state index contributed by atoms with van der Waals surface area (Å²) in [7, 11) is 0. The minimum atomic E-state index is -1.10. The van der Waals surface area contributed by atoms with E-state index < -0.39 is 29.1 Å². The van der Waals surface area contributed by atoms with Crippen molar-refractivity contribution in [2.24, 2.45) is 17.8 Å². The van der Waals surface area contributed by atoms with E-state index in [0.29, 0.717) is 19.0 Å². The molecule has 3 fully saturated rings. The van der Waals surface area contributed by atoms with Crippen LogP contribution in [0, 0.1) is 17.8 Å². The van der Waals surface area contributed by atoms with Crippen molar-refractivity contribution < 1.29 is 19.1 Å². The zero-order chi connectivity index (χ0) is 24.8. The first kappa shape index (κ1) is 24.5. The summed E-state index contributed by atoms with van der Waals surface area (Å²) in [6.07, 6.45) is 9.96. The molecule has 3 amide bonds. The summed E-state index contributed by atoms with van der Waals surface area (Å²) in [6.45, 7) is 6.99. The van der Waals surface area contributed by atoms with Gasteiger partial charge in [-0.05, 0) is 43.6 Å². The smallest absolute Gasteiger partial charge is 0.246 e. The average Bonchev–Trinajstić information content (AvgIpc) is 3.56. The number of rotatable bonds is 8. The number of nitrogens with zero attached hydrogens (tertiary/aromatic N) is 1. The van der Waals surface area contributed by atoms with Crippen molar-refractivity contribution in [3.63, 3.8) is 0 Å². The van der Waals surface area contributed by atoms with Crippen LogP contribution in [-0.4, -0.2) is 52.5 Å². The predicted molar refractivity (Wildman–Crippen MR) is 134 cm³/mol. The Bertz CT molecular complexity index is 1000. The first-order valence-corrected chi connectivity index (χ1v) is 13.9. The molecule has 5 unspecified atom stereocenters. The second kappa shape index (κ2) is 9.36. The highest BCUT2D eigenvalue weighted by Crippen LogP contribution is 2.59. The molecule has 5 atom stereocenters. The van der Waals surface area contributed by atoms with E-state index in [1.807, 2.05) is 36.6 Å². The van der Waals surface area contributed by atoms with Crippen LogP contribution in [0.3, 0.4) is 0 Å². The Kier molecular flexibility index (Phi) is 6.55. The van der Waals surface area contributed by atoms with Crippen LogP contribution in [0.5, 0.6) is 0 Å². The number of nitrogens with one attached hydrogen (secondary N) is 2. The van der Waals surface area contributed by atoms with Gasteiger partial charge in [0.25, 0.3) is 0 Å². The van der Waals surface area contributed by atoms with Crippen molar-refractivity contribution in [2.75, 3.05) is 6.54 Å². The number of hydrogen-bond acceptors (Lipinski definition) is 5. The molecular weight excluding hydrogens is 462 g/mol. The lowest BCUT2D eigenvalue weighted by Crippen LogP contribution is -2.56. The molecule has 2 bridgehead atoms. The number of ether oxygens (including phenoxy) is 1. The maximum atomic E-state index is 13.9. The van der Waals surface area contributed by atoms with Gasteiger partial charge in [0.05, 0.1) is 24.0 Å². The maximum absolute atomic E-state index is 13.9. The molecule has 2 saturated heterocycles. The van der Waals surface area contributed by atoms with Gasteiger partial charge < -0.3 is 20.3 Å². The van der Waals surface area contributed by atoms with Gasteiger partial charge in [0, 0.05) is 17.5 Å². The molecule has 0 radical (unpaired) electrons. The molecule has 1 aromatic rings. The molecule has 1 saturated carbocycles. The normalized spacial score (nSPS) is 34.0. The van der Waals surface area contributed by atoms with Crippen molar-refractivity contribution >= 4 is 29.1 Å². The maximum Gasteiger partial charge on any atom is 0.246 e. The second-order valence-corrected chi connectivity index (χ2v) is 12.2. The Labute approximate surface area is 211 Å². The highest BCUT2D eigenvalue weighted by Gasteiger charge is 2.76. The molecule has 4 aliphatic rings. The highest BCUT2D eigenvalue weighted by atomic mass is 32.1. The van der Waals surface area contributed by atoms with Crippen molar-refractivity contribution in [2.45, 2.75) is 89.1 Å². The Hall–Kier alpha value is -2.19. The van der Waals surface area contributed by atoms with Gasteiger partial charge in [0.15, 0.2) is 0 Å². The van der Waals surface area contributed by atoms with Gasteiger partial charge in [0.2, 0.25) is 17.7 Å². The molecule has 7 nitrogen and oxygen atoms in total. The Morgan fingerprint density at radius 1 is 1.20 bits per heavy atom. The molecule has 5 rings (SSSR count). The number of thiophene rings is 1. The first-order chi connectivity index (χ1) is 16.7. The van der Waals surface area contributed by atoms with Crippen molar-refractivity contribution in [1.29, 1.82) is 0 Å². The number of hydrogen-bond donors (Lipinski definition) is 2. The van der Waals surface area contributed by atoms with E-state index >= 15 is 0 Å². The molecule has 1 spiro atoms. The van der Waals surface area contributed by atoms with Gasteiger partial charge in [-0.25, -0.2) is 0 Å². The molecule has 3 aliphatic heterocycles. The van der Waals surface area contributed by atoms with Gasteiger partial charge in [-0.1, -0.05) is 51.3 Å². The zero-order valence-electron chi connectivity index (χ0n) is 20.9.